The summed E-state index contributed by atoms with van der Waals surface area (Å²) >= 11 is 6.07. The Bertz CT molecular complexity index is 1170. The molecule has 7 nitrogen and oxygen atoms in total. The van der Waals surface area contributed by atoms with Gasteiger partial charge in [0.15, 0.2) is 0 Å². The van der Waals surface area contributed by atoms with Crippen LogP contribution < -0.4 is 19.5 Å². The summed E-state index contributed by atoms with van der Waals surface area (Å²) < 4.78 is 39.1. The zero-order valence-electron chi connectivity index (χ0n) is 17.4. The summed E-state index contributed by atoms with van der Waals surface area (Å²) in [6.07, 6.45) is 0.731. The second kappa shape index (κ2) is 10.9. The number of amides is 1. The zero-order valence-corrected chi connectivity index (χ0v) is 18.9. The molecular weight excluding hydrogens is 452 g/mol. The number of ether oxygens (including phenoxy) is 2. The lowest BCUT2D eigenvalue weighted by molar-refractivity contribution is -0.116. The van der Waals surface area contributed by atoms with Crippen molar-refractivity contribution in [3.63, 3.8) is 0 Å². The molecule has 0 bridgehead atoms. The van der Waals surface area contributed by atoms with Crippen molar-refractivity contribution >= 4 is 38.9 Å². The van der Waals surface area contributed by atoms with E-state index < -0.39 is 10.0 Å². The summed E-state index contributed by atoms with van der Waals surface area (Å²) in [6.45, 7) is 0.390. The van der Waals surface area contributed by atoms with Crippen LogP contribution in [0.4, 0.5) is 11.4 Å². The van der Waals surface area contributed by atoms with Gasteiger partial charge in [-0.25, -0.2) is 8.42 Å². The Morgan fingerprint density at radius 3 is 2.44 bits per heavy atom. The van der Waals surface area contributed by atoms with E-state index in [2.05, 4.69) is 10.0 Å². The van der Waals surface area contributed by atoms with Crippen molar-refractivity contribution in [2.45, 2.75) is 17.7 Å². The third kappa shape index (κ3) is 6.38. The molecule has 0 aliphatic rings. The van der Waals surface area contributed by atoms with Crippen LogP contribution in [-0.4, -0.2) is 28.0 Å². The fourth-order valence-corrected chi connectivity index (χ4v) is 4.39. The standard InChI is InChI=1S/C23H23ClN2O5S/c1-30-21-14-13-17(25-23(27)12-7-15-31-18-8-3-2-4-9-18)16-22(21)32(28,29)26-20-11-6-5-10-19(20)24/h2-6,8-11,13-14,16,26H,7,12,15H2,1H3,(H,25,27). The Labute approximate surface area is 192 Å². The van der Waals surface area contributed by atoms with Crippen LogP contribution >= 0.6 is 11.6 Å². The van der Waals surface area contributed by atoms with E-state index >= 15 is 0 Å². The van der Waals surface area contributed by atoms with Gasteiger partial charge in [0.2, 0.25) is 5.91 Å². The quantitative estimate of drug-likeness (QED) is 0.405. The van der Waals surface area contributed by atoms with Crippen molar-refractivity contribution in [2.75, 3.05) is 23.8 Å². The predicted octanol–water partition coefficient (Wildman–Crippen LogP) is 4.95. The van der Waals surface area contributed by atoms with E-state index in [9.17, 15) is 13.2 Å². The average molecular weight is 475 g/mol. The predicted molar refractivity (Wildman–Crippen MR) is 125 cm³/mol. The van der Waals surface area contributed by atoms with Crippen molar-refractivity contribution in [2.24, 2.45) is 0 Å². The fourth-order valence-electron chi connectivity index (χ4n) is 2.87. The zero-order chi connectivity index (χ0) is 23.0. The van der Waals surface area contributed by atoms with Crippen LogP contribution in [0.3, 0.4) is 0 Å². The fraction of sp³-hybridized carbons (Fsp3) is 0.174. The number of para-hydroxylation sites is 2. The Balaban J connectivity index is 1.65. The summed E-state index contributed by atoms with van der Waals surface area (Å²) in [5.41, 5.74) is 0.573. The number of methoxy groups -OCH3 is 1. The highest BCUT2D eigenvalue weighted by Crippen LogP contribution is 2.30. The van der Waals surface area contributed by atoms with Crippen LogP contribution in [0.2, 0.25) is 5.02 Å². The van der Waals surface area contributed by atoms with E-state index in [4.69, 9.17) is 21.1 Å². The highest BCUT2D eigenvalue weighted by atomic mass is 35.5. The van der Waals surface area contributed by atoms with Gasteiger partial charge in [-0.05, 0) is 48.9 Å². The molecule has 3 aromatic rings. The molecule has 1 amide bonds. The van der Waals surface area contributed by atoms with E-state index in [1.165, 1.54) is 19.2 Å². The number of hydrogen-bond donors (Lipinski definition) is 2. The average Bonchev–Trinajstić information content (AvgIpc) is 2.79. The Kier molecular flexibility index (Phi) is 7.97. The molecule has 0 radical (unpaired) electrons. The number of nitrogens with one attached hydrogen (secondary N) is 2. The van der Waals surface area contributed by atoms with Crippen LogP contribution in [0.5, 0.6) is 11.5 Å². The van der Waals surface area contributed by atoms with Crippen LogP contribution in [-0.2, 0) is 14.8 Å². The summed E-state index contributed by atoms with van der Waals surface area (Å²) in [5, 5.41) is 2.97. The Morgan fingerprint density at radius 2 is 1.72 bits per heavy atom. The minimum Gasteiger partial charge on any atom is -0.495 e. The van der Waals surface area contributed by atoms with Gasteiger partial charge in [0.05, 0.1) is 24.4 Å². The molecule has 0 saturated heterocycles. The van der Waals surface area contributed by atoms with E-state index in [0.29, 0.717) is 18.7 Å². The summed E-state index contributed by atoms with van der Waals surface area (Å²) in [7, 11) is -2.65. The van der Waals surface area contributed by atoms with Gasteiger partial charge >= 0.3 is 0 Å². The number of carbonyl (C=O) groups is 1. The normalized spacial score (nSPS) is 10.9. The number of benzene rings is 3. The van der Waals surface area contributed by atoms with Gasteiger partial charge in [0.25, 0.3) is 10.0 Å². The number of hydrogen-bond acceptors (Lipinski definition) is 5. The monoisotopic (exact) mass is 474 g/mol. The lowest BCUT2D eigenvalue weighted by Crippen LogP contribution is -2.16. The maximum atomic E-state index is 12.9. The van der Waals surface area contributed by atoms with Crippen molar-refractivity contribution < 1.29 is 22.7 Å². The third-order valence-electron chi connectivity index (χ3n) is 4.42. The molecule has 168 valence electrons. The van der Waals surface area contributed by atoms with E-state index in [0.717, 1.165) is 5.75 Å². The Hall–Kier alpha value is -3.23. The largest absolute Gasteiger partial charge is 0.495 e. The lowest BCUT2D eigenvalue weighted by atomic mass is 10.2. The Morgan fingerprint density at radius 1 is 1.00 bits per heavy atom. The van der Waals surface area contributed by atoms with Crippen molar-refractivity contribution in [3.05, 3.63) is 77.8 Å². The van der Waals surface area contributed by atoms with Crippen molar-refractivity contribution in [3.8, 4) is 11.5 Å². The minimum absolute atomic E-state index is 0.120. The van der Waals surface area contributed by atoms with Gasteiger partial charge in [-0.1, -0.05) is 41.9 Å². The second-order valence-electron chi connectivity index (χ2n) is 6.76. The molecule has 0 aliphatic heterocycles. The molecule has 0 aliphatic carbocycles. The maximum Gasteiger partial charge on any atom is 0.265 e. The molecule has 3 rings (SSSR count). The molecular formula is C23H23ClN2O5S. The number of halogens is 1. The molecule has 9 heteroatoms. The maximum absolute atomic E-state index is 12.9. The lowest BCUT2D eigenvalue weighted by Gasteiger charge is -2.14. The highest BCUT2D eigenvalue weighted by molar-refractivity contribution is 7.92. The van der Waals surface area contributed by atoms with Gasteiger partial charge in [-0.2, -0.15) is 0 Å². The summed E-state index contributed by atoms with van der Waals surface area (Å²) in [6, 6.07) is 20.2. The number of sulfonamides is 1. The van der Waals surface area contributed by atoms with E-state index in [-0.39, 0.29) is 33.7 Å². The smallest absolute Gasteiger partial charge is 0.265 e. The first kappa shape index (κ1) is 23.4. The first-order valence-electron chi connectivity index (χ1n) is 9.82. The van der Waals surface area contributed by atoms with Gasteiger partial charge in [0, 0.05) is 12.1 Å². The molecule has 0 fully saturated rings. The third-order valence-corrected chi connectivity index (χ3v) is 6.13. The van der Waals surface area contributed by atoms with Gasteiger partial charge in [0.1, 0.15) is 16.4 Å². The minimum atomic E-state index is -4.02. The molecule has 2 N–H and O–H groups in total. The number of carbonyl (C=O) groups excluding carboxylic acids is 1. The highest BCUT2D eigenvalue weighted by Gasteiger charge is 2.21. The molecule has 32 heavy (non-hydrogen) atoms. The van der Waals surface area contributed by atoms with Crippen LogP contribution in [0.25, 0.3) is 0 Å². The summed E-state index contributed by atoms with van der Waals surface area (Å²) in [5.74, 6) is 0.622. The van der Waals surface area contributed by atoms with Crippen LogP contribution in [0.1, 0.15) is 12.8 Å². The molecule has 0 aromatic heterocycles. The second-order valence-corrected chi connectivity index (χ2v) is 8.82. The summed E-state index contributed by atoms with van der Waals surface area (Å²) in [4.78, 5) is 12.2. The topological polar surface area (TPSA) is 93.7 Å². The molecule has 0 unspecified atom stereocenters. The van der Waals surface area contributed by atoms with E-state index in [1.54, 1.807) is 30.3 Å². The molecule has 0 heterocycles. The molecule has 0 saturated carbocycles. The first-order chi connectivity index (χ1) is 15.4. The van der Waals surface area contributed by atoms with Gasteiger partial charge < -0.3 is 14.8 Å². The van der Waals surface area contributed by atoms with Crippen molar-refractivity contribution in [1.29, 1.82) is 0 Å². The van der Waals surface area contributed by atoms with Gasteiger partial charge in [-0.3, -0.25) is 9.52 Å². The van der Waals surface area contributed by atoms with Crippen LogP contribution in [0.15, 0.2) is 77.7 Å². The van der Waals surface area contributed by atoms with Crippen LogP contribution in [0, 0.1) is 0 Å². The van der Waals surface area contributed by atoms with Gasteiger partial charge in [-0.15, -0.1) is 0 Å². The SMILES string of the molecule is COc1ccc(NC(=O)CCCOc2ccccc2)cc1S(=O)(=O)Nc1ccccc1Cl. The van der Waals surface area contributed by atoms with Crippen molar-refractivity contribution in [1.82, 2.24) is 0 Å². The molecule has 0 spiro atoms. The number of rotatable bonds is 10. The molecule has 3 aromatic carbocycles. The number of anilines is 2. The first-order valence-corrected chi connectivity index (χ1v) is 11.7. The van der Waals surface area contributed by atoms with E-state index in [1.807, 2.05) is 30.3 Å². The molecule has 0 atom stereocenters.